The molecule has 9 aromatic rings. The van der Waals surface area contributed by atoms with Crippen molar-refractivity contribution in [3.05, 3.63) is 157 Å². The van der Waals surface area contributed by atoms with Gasteiger partial charge in [0.15, 0.2) is 0 Å². The molecule has 11 N–H and O–H groups in total. The van der Waals surface area contributed by atoms with Gasteiger partial charge >= 0.3 is 12.2 Å². The van der Waals surface area contributed by atoms with Gasteiger partial charge in [-0.05, 0) is 255 Å². The highest BCUT2D eigenvalue weighted by Crippen LogP contribution is 2.42. The van der Waals surface area contributed by atoms with Gasteiger partial charge in [-0.25, -0.2) is 19.6 Å². The minimum Gasteiger partial charge on any atom is -0.444 e. The number of amides is 2. The Balaban J connectivity index is 0.000000239. The van der Waals surface area contributed by atoms with Crippen molar-refractivity contribution in [2.24, 2.45) is 21.5 Å². The Morgan fingerprint density at radius 3 is 1.24 bits per heavy atom. The van der Waals surface area contributed by atoms with Gasteiger partial charge in [-0.3, -0.25) is 5.41 Å². The number of benzene rings is 3. The average Bonchev–Trinajstić information content (AvgIpc) is 1.70. The van der Waals surface area contributed by atoms with E-state index in [1.165, 1.54) is 75.8 Å². The number of hydrogen-bond acceptors (Lipinski definition) is 13. The van der Waals surface area contributed by atoms with Crippen LogP contribution in [0.25, 0.3) is 32.7 Å². The number of thiophene rings is 3. The molecule has 95 heavy (non-hydrogen) atoms. The van der Waals surface area contributed by atoms with Crippen LogP contribution in [-0.4, -0.2) is 110 Å². The molecule has 6 aromatic heterocycles. The number of hydrogen-bond donors (Lipinski definition) is 8. The summed E-state index contributed by atoms with van der Waals surface area (Å²) in [6, 6.07) is 31.6. The molecule has 516 valence electrons. The molecule has 16 nitrogen and oxygen atoms in total. The molecule has 0 atom stereocenters. The molecule has 3 saturated carbocycles. The fourth-order valence-corrected chi connectivity index (χ4v) is 15.0. The summed E-state index contributed by atoms with van der Waals surface area (Å²) in [5, 5.41) is 21.2. The molecule has 3 aliphatic rings. The lowest BCUT2D eigenvalue weighted by Gasteiger charge is -2.35. The fraction of sp³-hybridized carbons (Fsp3) is 0.423. The zero-order valence-electron chi connectivity index (χ0n) is 56.0. The van der Waals surface area contributed by atoms with Crippen molar-refractivity contribution in [1.82, 2.24) is 30.1 Å². The van der Waals surface area contributed by atoms with Crippen LogP contribution in [0.4, 0.5) is 26.7 Å². The maximum absolute atomic E-state index is 12.4. The number of nitrogens with two attached hydrogens (primary N) is 3. The second kappa shape index (κ2) is 36.7. The summed E-state index contributed by atoms with van der Waals surface area (Å²) in [4.78, 5) is 50.7. The maximum Gasteiger partial charge on any atom is 0.410 e. The molecule has 3 fully saturated rings. The van der Waals surface area contributed by atoms with E-state index < -0.39 is 11.2 Å². The molecule has 3 aromatic carbocycles. The third kappa shape index (κ3) is 21.9. The number of thioether (sulfide) groups is 1. The Hall–Kier alpha value is -5.76. The summed E-state index contributed by atoms with van der Waals surface area (Å²) in [6.45, 7) is 11.4. The number of carbonyl (C=O) groups is 2. The molecule has 24 heteroatoms. The third-order valence-electron chi connectivity index (χ3n) is 17.4. The lowest BCUT2D eigenvalue weighted by Crippen LogP contribution is -2.42. The van der Waals surface area contributed by atoms with Gasteiger partial charge in [0.25, 0.3) is 0 Å². The summed E-state index contributed by atoms with van der Waals surface area (Å²) in [7, 11) is 5.78. The number of ether oxygens (including phenoxy) is 2. The molecule has 12 rings (SSSR count). The van der Waals surface area contributed by atoms with E-state index in [1.807, 2.05) is 139 Å². The molecule has 0 unspecified atom stereocenters. The van der Waals surface area contributed by atoms with Gasteiger partial charge in [0.2, 0.25) is 0 Å². The number of nitrogens with zero attached hydrogens (tertiary/aromatic N) is 4. The van der Waals surface area contributed by atoms with Gasteiger partial charge in [-0.2, -0.15) is 0 Å². The number of aromatic nitrogens is 3. The maximum atomic E-state index is 12.4. The van der Waals surface area contributed by atoms with E-state index in [1.54, 1.807) is 43.8 Å². The van der Waals surface area contributed by atoms with E-state index in [4.69, 9.17) is 32.1 Å². The average molecular weight is 1540 g/mol. The highest BCUT2D eigenvalue weighted by atomic mass is 127. The first kappa shape index (κ1) is 79.9. The Morgan fingerprint density at radius 2 is 0.905 bits per heavy atom. The number of fused-ring (bicyclic) bond motifs is 3. The predicted molar refractivity (Wildman–Crippen MR) is 423 cm³/mol. The van der Waals surface area contributed by atoms with Crippen molar-refractivity contribution in [2.75, 3.05) is 33.1 Å². The third-order valence-corrected chi connectivity index (χ3v) is 20.9. The number of aromatic amines is 3. The summed E-state index contributed by atoms with van der Waals surface area (Å²) < 4.78 is 11.0. The second-order valence-corrected chi connectivity index (χ2v) is 29.6. The standard InChI is InChI=1S/C25H32N4O2S.C20H24N4S.C20H29N3O2.C6H7NS2.3ClH.HI/c1-25(2,3)31-24(30)29(4)18-10-7-16(8-11-18)20-15-27-21-12-9-17(14-19(20)21)28-23(26)22-6-5-13-32-22;1-22-14-6-4-13(5-7-14)17-12-23-18-9-8-15(11-16(17)18)24-20(21)19-3-2-10-25-19;1-20(2,3)25-19(24)23(4)15-8-5-13(6-9-15)17-12-22-18-10-7-14(21)11-16(17)18;1-8-6(7)5-3-2-4-9-5;;;;/h5-6,9,12-16,18,27H,7-8,10-11H2,1-4H3,(H2,26,28);2-3,8-14,22-23H,4-7H2,1H3,(H2,21,24);7,10-13,15,22H,5-6,8-9,21H2,1-4H3;2-4,7H,1H3;4*1H. The smallest absolute Gasteiger partial charge is 0.410 e. The van der Waals surface area contributed by atoms with Crippen LogP contribution in [0.15, 0.2) is 136 Å². The van der Waals surface area contributed by atoms with Crippen molar-refractivity contribution in [3.8, 4) is 0 Å². The van der Waals surface area contributed by atoms with E-state index >= 15 is 0 Å². The van der Waals surface area contributed by atoms with E-state index in [9.17, 15) is 9.59 Å². The largest absolute Gasteiger partial charge is 0.444 e. The number of amidine groups is 2. The summed E-state index contributed by atoms with van der Waals surface area (Å²) in [6.07, 6.45) is 21.0. The summed E-state index contributed by atoms with van der Waals surface area (Å²) in [5.74, 6) is 2.73. The highest BCUT2D eigenvalue weighted by molar-refractivity contribution is 14.0. The van der Waals surface area contributed by atoms with Gasteiger partial charge in [0.1, 0.15) is 27.9 Å². The van der Waals surface area contributed by atoms with Crippen molar-refractivity contribution in [1.29, 1.82) is 5.41 Å². The topological polar surface area (TPSA) is 245 Å². The number of H-pyrrole nitrogens is 3. The minimum absolute atomic E-state index is 0. The quantitative estimate of drug-likeness (QED) is 0.0265. The minimum atomic E-state index is -0.473. The van der Waals surface area contributed by atoms with Crippen LogP contribution in [0.1, 0.15) is 168 Å². The lowest BCUT2D eigenvalue weighted by atomic mass is 9.81. The number of nitrogens with one attached hydrogen (secondary N) is 5. The van der Waals surface area contributed by atoms with Gasteiger partial charge in [-0.1, -0.05) is 18.2 Å². The van der Waals surface area contributed by atoms with Crippen molar-refractivity contribution < 1.29 is 19.1 Å². The lowest BCUT2D eigenvalue weighted by molar-refractivity contribution is 0.0173. The van der Waals surface area contributed by atoms with Gasteiger partial charge in [0, 0.05) is 89.2 Å². The summed E-state index contributed by atoms with van der Waals surface area (Å²) >= 11 is 6.29. The van der Waals surface area contributed by atoms with E-state index in [2.05, 4.69) is 86.2 Å². The number of carbonyl (C=O) groups excluding carboxylic acids is 2. The van der Waals surface area contributed by atoms with Crippen LogP contribution in [0.3, 0.4) is 0 Å². The Labute approximate surface area is 612 Å². The Kier molecular flexibility index (Phi) is 30.9. The number of halogens is 4. The first-order chi connectivity index (χ1) is 43.5. The molecule has 0 radical (unpaired) electrons. The zero-order chi connectivity index (χ0) is 65.0. The van der Waals surface area contributed by atoms with Crippen LogP contribution in [0, 0.1) is 5.41 Å². The monoisotopic (exact) mass is 1540 g/mol. The zero-order valence-corrected chi connectivity index (χ0v) is 64.0. The molecule has 0 spiro atoms. The molecular weight excluding hydrogens is 1450 g/mol. The number of nitrogen functional groups attached to an aromatic ring is 1. The van der Waals surface area contributed by atoms with Gasteiger partial charge in [0.05, 0.1) is 26.0 Å². The van der Waals surface area contributed by atoms with E-state index in [-0.39, 0.29) is 85.5 Å². The van der Waals surface area contributed by atoms with Crippen molar-refractivity contribution in [3.63, 3.8) is 0 Å². The molecule has 0 aliphatic heterocycles. The Morgan fingerprint density at radius 1 is 0.558 bits per heavy atom. The second-order valence-electron chi connectivity index (χ2n) is 26.0. The van der Waals surface area contributed by atoms with Crippen LogP contribution < -0.4 is 22.5 Å². The molecule has 3 aliphatic carbocycles. The van der Waals surface area contributed by atoms with Crippen LogP contribution in [-0.2, 0) is 9.47 Å². The number of rotatable bonds is 11. The van der Waals surface area contributed by atoms with Gasteiger partial charge < -0.3 is 56.7 Å². The molecule has 2 amide bonds. The molecule has 0 bridgehead atoms. The first-order valence-corrected chi connectivity index (χ1v) is 35.5. The molecule has 6 heterocycles. The van der Waals surface area contributed by atoms with E-state index in [0.29, 0.717) is 40.5 Å². The normalized spacial score (nSPS) is 18.9. The molecular formula is C71H96Cl3IN12O4S4. The first-order valence-electron chi connectivity index (χ1n) is 31.6. The number of aliphatic imine (C=N–C) groups is 2. The number of anilines is 1. The highest BCUT2D eigenvalue weighted by Gasteiger charge is 2.33. The van der Waals surface area contributed by atoms with Gasteiger partial charge in [-0.15, -0.1) is 107 Å². The van der Waals surface area contributed by atoms with E-state index in [0.717, 1.165) is 94.1 Å². The fourth-order valence-electron chi connectivity index (χ4n) is 12.5. The molecule has 0 saturated heterocycles. The van der Waals surface area contributed by atoms with Crippen LogP contribution in [0.5, 0.6) is 0 Å². The SMILES string of the molecule is CN(C(=O)OC(C)(C)C)C1CCC(c2c[nH]c3ccc(N)cc23)CC1.CN(C(=O)OC(C)(C)C)C1CCC(c2c[nH]c3ccc(N=C(N)c4cccs4)cc23)CC1.CNC1CCC(c2c[nH]c3ccc(N=C(N)c4cccs4)cc23)CC1.CSC(=N)c1cccs1.Cl.Cl.Cl.I. The summed E-state index contributed by atoms with van der Waals surface area (Å²) in [5.41, 5.74) is 27.5. The van der Waals surface area contributed by atoms with Crippen molar-refractivity contribution >= 4 is 186 Å². The Bertz CT molecular complexity index is 3890. The van der Waals surface area contributed by atoms with Crippen LogP contribution >= 0.6 is 107 Å². The van der Waals surface area contributed by atoms with Crippen molar-refractivity contribution in [2.45, 2.75) is 166 Å². The predicted octanol–water partition coefficient (Wildman–Crippen LogP) is 19.6. The van der Waals surface area contributed by atoms with Crippen LogP contribution in [0.2, 0.25) is 0 Å².